The zero-order chi connectivity index (χ0) is 55.5. The number of carbonyl (C=O) groups excluding carboxylic acids is 7. The van der Waals surface area contributed by atoms with Gasteiger partial charge in [-0.05, 0) is 148 Å². The monoisotopic (exact) mass is 1060 g/mol. The van der Waals surface area contributed by atoms with Gasteiger partial charge in [-0.2, -0.15) is 0 Å². The maximum absolute atomic E-state index is 13.5. The summed E-state index contributed by atoms with van der Waals surface area (Å²) in [7, 11) is 0. The highest BCUT2D eigenvalue weighted by atomic mass is 16.6. The minimum absolute atomic E-state index is 0.0445. The molecule has 0 amide bonds. The molecule has 1 fully saturated rings. The SMILES string of the molecule is C=CC(=O)OCCCCOc1ccc(C(=O)Oc2ccc(OC(=O)C3CCC(C(=O)Oc4ccc(OC(=O)c5ccc(OCCCCOC(=O)C=C)cc5)c(C(=O)OCC(C)CC)c4)CC3)cc2COCC(C)CC)cc1. The first-order chi connectivity index (χ1) is 37.2. The summed E-state index contributed by atoms with van der Waals surface area (Å²) in [5.41, 5.74) is 0.870. The van der Waals surface area contributed by atoms with Gasteiger partial charge in [0.2, 0.25) is 0 Å². The lowest BCUT2D eigenvalue weighted by atomic mass is 9.82. The van der Waals surface area contributed by atoms with Crippen molar-refractivity contribution in [1.29, 1.82) is 0 Å². The number of rotatable bonds is 31. The second-order valence-corrected chi connectivity index (χ2v) is 18.6. The van der Waals surface area contributed by atoms with Gasteiger partial charge in [0.05, 0.1) is 62.6 Å². The zero-order valence-corrected chi connectivity index (χ0v) is 44.4. The van der Waals surface area contributed by atoms with Crippen LogP contribution in [0.4, 0.5) is 0 Å². The molecule has 2 atom stereocenters. The van der Waals surface area contributed by atoms with E-state index in [1.54, 1.807) is 54.6 Å². The minimum atomic E-state index is -0.765. The van der Waals surface area contributed by atoms with Gasteiger partial charge in [-0.3, -0.25) is 9.59 Å². The molecule has 4 aromatic rings. The van der Waals surface area contributed by atoms with E-state index < -0.39 is 53.6 Å². The Morgan fingerprint density at radius 1 is 0.506 bits per heavy atom. The van der Waals surface area contributed by atoms with Gasteiger partial charge < -0.3 is 47.4 Å². The molecule has 0 aliphatic heterocycles. The van der Waals surface area contributed by atoms with Crippen LogP contribution in [0.5, 0.6) is 34.5 Å². The summed E-state index contributed by atoms with van der Waals surface area (Å²) >= 11 is 0. The van der Waals surface area contributed by atoms with Crippen LogP contribution in [-0.4, -0.2) is 81.4 Å². The topological polar surface area (TPSA) is 212 Å². The molecular weight excluding hydrogens is 993 g/mol. The average molecular weight is 1060 g/mol. The van der Waals surface area contributed by atoms with Crippen LogP contribution < -0.4 is 28.4 Å². The largest absolute Gasteiger partial charge is 0.494 e. The molecule has 0 N–H and O–H groups in total. The van der Waals surface area contributed by atoms with Crippen LogP contribution in [0, 0.1) is 23.7 Å². The maximum atomic E-state index is 13.5. The highest BCUT2D eigenvalue weighted by Gasteiger charge is 2.33. The van der Waals surface area contributed by atoms with Gasteiger partial charge >= 0.3 is 41.8 Å². The van der Waals surface area contributed by atoms with Crippen LogP contribution >= 0.6 is 0 Å². The van der Waals surface area contributed by atoms with E-state index in [4.69, 9.17) is 47.4 Å². The van der Waals surface area contributed by atoms with E-state index in [-0.39, 0.29) is 78.0 Å². The van der Waals surface area contributed by atoms with Crippen LogP contribution in [0.1, 0.15) is 129 Å². The van der Waals surface area contributed by atoms with Gasteiger partial charge in [-0.25, -0.2) is 24.0 Å². The van der Waals surface area contributed by atoms with Gasteiger partial charge in [-0.15, -0.1) is 0 Å². The summed E-state index contributed by atoms with van der Waals surface area (Å²) in [4.78, 5) is 89.5. The Kier molecular flexibility index (Phi) is 24.9. The molecule has 77 heavy (non-hydrogen) atoms. The fourth-order valence-electron chi connectivity index (χ4n) is 7.46. The molecule has 0 heterocycles. The van der Waals surface area contributed by atoms with Crippen molar-refractivity contribution in [1.82, 2.24) is 0 Å². The van der Waals surface area contributed by atoms with Gasteiger partial charge in [-0.1, -0.05) is 53.7 Å². The fourth-order valence-corrected chi connectivity index (χ4v) is 7.46. The van der Waals surface area contributed by atoms with Crippen LogP contribution in [0.25, 0.3) is 0 Å². The predicted octanol–water partition coefficient (Wildman–Crippen LogP) is 11.0. The van der Waals surface area contributed by atoms with Gasteiger partial charge in [0.1, 0.15) is 40.1 Å². The van der Waals surface area contributed by atoms with Crippen molar-refractivity contribution < 1.29 is 80.9 Å². The summed E-state index contributed by atoms with van der Waals surface area (Å²) in [6.07, 6.45) is 7.76. The lowest BCUT2D eigenvalue weighted by molar-refractivity contribution is -0.145. The molecule has 0 aromatic heterocycles. The van der Waals surface area contributed by atoms with Crippen LogP contribution in [0.3, 0.4) is 0 Å². The number of ether oxygens (including phenoxy) is 10. The third-order valence-corrected chi connectivity index (χ3v) is 12.6. The quantitative estimate of drug-likeness (QED) is 0.0151. The molecule has 4 aromatic carbocycles. The Labute approximate surface area is 450 Å². The highest BCUT2D eigenvalue weighted by molar-refractivity contribution is 5.97. The van der Waals surface area contributed by atoms with Crippen LogP contribution in [0.15, 0.2) is 110 Å². The Hall–Kier alpha value is -7.79. The molecule has 1 aliphatic rings. The minimum Gasteiger partial charge on any atom is -0.494 e. The number of unbranched alkanes of at least 4 members (excludes halogenated alkanes) is 2. The molecule has 2 unspecified atom stereocenters. The highest BCUT2D eigenvalue weighted by Crippen LogP contribution is 2.34. The molecule has 0 saturated heterocycles. The smallest absolute Gasteiger partial charge is 0.343 e. The molecule has 1 aliphatic carbocycles. The molecule has 0 bridgehead atoms. The number of hydrogen-bond acceptors (Lipinski definition) is 17. The van der Waals surface area contributed by atoms with Crippen molar-refractivity contribution >= 4 is 41.8 Å². The lowest BCUT2D eigenvalue weighted by Gasteiger charge is -2.26. The van der Waals surface area contributed by atoms with E-state index in [9.17, 15) is 33.6 Å². The fraction of sp³-hybridized carbons (Fsp3) is 0.417. The summed E-state index contributed by atoms with van der Waals surface area (Å²) < 4.78 is 56.1. The number of esters is 7. The third-order valence-electron chi connectivity index (χ3n) is 12.6. The molecule has 1 saturated carbocycles. The van der Waals surface area contributed by atoms with Crippen LogP contribution in [-0.2, 0) is 44.7 Å². The maximum Gasteiger partial charge on any atom is 0.343 e. The summed E-state index contributed by atoms with van der Waals surface area (Å²) in [6.45, 7) is 16.7. The molecule has 5 rings (SSSR count). The van der Waals surface area contributed by atoms with Gasteiger partial charge in [0.15, 0.2) is 0 Å². The van der Waals surface area contributed by atoms with Crippen LogP contribution in [0.2, 0.25) is 0 Å². The van der Waals surface area contributed by atoms with E-state index >= 15 is 0 Å². The molecule has 17 nitrogen and oxygen atoms in total. The molecule has 0 radical (unpaired) electrons. The van der Waals surface area contributed by atoms with Crippen molar-refractivity contribution in [3.63, 3.8) is 0 Å². The van der Waals surface area contributed by atoms with Gasteiger partial charge in [0.25, 0.3) is 0 Å². The first kappa shape index (κ1) is 60.1. The van der Waals surface area contributed by atoms with E-state index in [2.05, 4.69) is 27.0 Å². The number of carbonyl (C=O) groups is 7. The first-order valence-electron chi connectivity index (χ1n) is 26.1. The van der Waals surface area contributed by atoms with Crippen molar-refractivity contribution in [3.8, 4) is 34.5 Å². The van der Waals surface area contributed by atoms with Crippen molar-refractivity contribution in [2.75, 3.05) is 39.6 Å². The predicted molar refractivity (Wildman–Crippen MR) is 283 cm³/mol. The summed E-state index contributed by atoms with van der Waals surface area (Å²) in [5.74, 6) is -3.30. The molecule has 412 valence electrons. The third kappa shape index (κ3) is 20.4. The van der Waals surface area contributed by atoms with E-state index in [0.29, 0.717) is 88.2 Å². The molecular formula is C60H70O17. The number of benzene rings is 4. The second-order valence-electron chi connectivity index (χ2n) is 18.6. The first-order valence-corrected chi connectivity index (χ1v) is 26.1. The zero-order valence-electron chi connectivity index (χ0n) is 44.4. The Bertz CT molecular complexity index is 2610. The summed E-state index contributed by atoms with van der Waals surface area (Å²) in [5, 5.41) is 0. The van der Waals surface area contributed by atoms with Crippen molar-refractivity contribution in [3.05, 3.63) is 132 Å². The standard InChI is InChI=1S/C60H70O17/c1-7-40(5)37-68-39-46-35-49(27-29-52(46)76-58(65)44-19-23-47(24-20-44)69-31-11-13-33-71-54(61)9-3)74-56(63)42-15-17-43(18-16-42)57(64)75-50-28-30-53(51(36-50)60(67)73-38-41(6)8-2)77-59(66)45-21-25-48(26-22-45)70-32-12-14-34-72-55(62)10-4/h9-10,19-30,35-36,40-43H,3-4,7-8,11-18,31-34,37-39H2,1-2,5-6H3. The normalized spacial score (nSPS) is 14.6. The van der Waals surface area contributed by atoms with E-state index in [1.165, 1.54) is 30.3 Å². The lowest BCUT2D eigenvalue weighted by Crippen LogP contribution is -2.30. The summed E-state index contributed by atoms with van der Waals surface area (Å²) in [6, 6.07) is 21.6. The second kappa shape index (κ2) is 31.9. The molecule has 17 heteroatoms. The van der Waals surface area contributed by atoms with E-state index in [0.717, 1.165) is 25.0 Å². The Morgan fingerprint density at radius 2 is 0.935 bits per heavy atom. The Morgan fingerprint density at radius 3 is 1.42 bits per heavy atom. The number of hydrogen-bond donors (Lipinski definition) is 0. The van der Waals surface area contributed by atoms with Crippen molar-refractivity contribution in [2.45, 2.75) is 98.5 Å². The molecule has 0 spiro atoms. The van der Waals surface area contributed by atoms with Gasteiger partial charge in [0, 0.05) is 24.3 Å². The van der Waals surface area contributed by atoms with Crippen molar-refractivity contribution in [2.24, 2.45) is 23.7 Å². The Balaban J connectivity index is 1.15. The average Bonchev–Trinajstić information content (AvgIpc) is 3.44. The van der Waals surface area contributed by atoms with E-state index in [1.807, 2.05) is 13.8 Å².